The number of halogens is 1. The third-order valence-electron chi connectivity index (χ3n) is 4.97. The zero-order valence-corrected chi connectivity index (χ0v) is 19.8. The Morgan fingerprint density at radius 2 is 1.97 bits per heavy atom. The van der Waals surface area contributed by atoms with Gasteiger partial charge >= 0.3 is 5.97 Å². The Balaban J connectivity index is 1.92. The molecule has 0 radical (unpaired) electrons. The molecule has 1 atom stereocenters. The summed E-state index contributed by atoms with van der Waals surface area (Å²) in [6.07, 6.45) is -0.157. The second-order valence-electron chi connectivity index (χ2n) is 8.23. The van der Waals surface area contributed by atoms with Crippen LogP contribution in [-0.4, -0.2) is 60.1 Å². The smallest absolute Gasteiger partial charge is 0.338 e. The van der Waals surface area contributed by atoms with Crippen LogP contribution in [0.5, 0.6) is 0 Å². The molecule has 3 rings (SSSR count). The number of aliphatic imine (C=N–C) groups is 1. The molecule has 0 aliphatic carbocycles. The predicted octanol–water partition coefficient (Wildman–Crippen LogP) is 3.42. The first-order chi connectivity index (χ1) is 15.2. The molecule has 0 spiro atoms. The minimum Gasteiger partial charge on any atom is -0.459 e. The number of amidine groups is 1. The first-order valence-corrected chi connectivity index (χ1v) is 11.4. The van der Waals surface area contributed by atoms with Crippen LogP contribution in [-0.2, 0) is 14.3 Å². The molecule has 0 saturated carbocycles. The zero-order valence-electron chi connectivity index (χ0n) is 19.0. The van der Waals surface area contributed by atoms with Gasteiger partial charge in [-0.25, -0.2) is 14.2 Å². The summed E-state index contributed by atoms with van der Waals surface area (Å²) in [5.41, 5.74) is 2.38. The fraction of sp³-hybridized carbons (Fsp3) is 0.435. The monoisotopic (exact) mass is 460 g/mol. The number of benzene rings is 1. The normalized spacial score (nSPS) is 18.0. The topological polar surface area (TPSA) is 74.2 Å². The van der Waals surface area contributed by atoms with Crippen LogP contribution >= 0.6 is 11.8 Å². The number of nitrogens with one attached hydrogen (secondary N) is 1. The lowest BCUT2D eigenvalue weighted by Crippen LogP contribution is -2.39. The molecule has 32 heavy (non-hydrogen) atoms. The molecule has 2 heterocycles. The van der Waals surface area contributed by atoms with E-state index >= 15 is 0 Å². The van der Waals surface area contributed by atoms with Crippen LogP contribution in [0.4, 0.5) is 4.39 Å². The van der Waals surface area contributed by atoms with E-state index in [4.69, 9.17) is 4.74 Å². The molecule has 2 aliphatic rings. The Kier molecular flexibility index (Phi) is 7.73. The summed E-state index contributed by atoms with van der Waals surface area (Å²) in [4.78, 5) is 34.1. The Labute approximate surface area is 192 Å². The van der Waals surface area contributed by atoms with Crippen molar-refractivity contribution in [3.8, 4) is 0 Å². The van der Waals surface area contributed by atoms with E-state index in [2.05, 4.69) is 10.3 Å². The van der Waals surface area contributed by atoms with E-state index in [-0.39, 0.29) is 24.2 Å². The number of allylic oxidation sites excluding steroid dienone is 1. The number of carbonyl (C=O) groups excluding carboxylic acids is 2. The molecule has 7 nitrogen and oxygen atoms in total. The highest BCUT2D eigenvalue weighted by Gasteiger charge is 2.41. The minimum absolute atomic E-state index is 0.115. The van der Waals surface area contributed by atoms with Gasteiger partial charge in [-0.1, -0.05) is 23.9 Å². The van der Waals surface area contributed by atoms with Crippen LogP contribution in [0.2, 0.25) is 0 Å². The van der Waals surface area contributed by atoms with Gasteiger partial charge in [0.15, 0.2) is 5.17 Å². The van der Waals surface area contributed by atoms with E-state index in [9.17, 15) is 14.0 Å². The molecule has 0 saturated heterocycles. The zero-order chi connectivity index (χ0) is 23.4. The number of amides is 1. The Morgan fingerprint density at radius 3 is 2.59 bits per heavy atom. The number of esters is 1. The maximum atomic E-state index is 13.6. The number of nitrogens with zero attached hydrogens (tertiary/aromatic N) is 3. The highest BCUT2D eigenvalue weighted by atomic mass is 32.2. The van der Waals surface area contributed by atoms with Crippen LogP contribution in [0.15, 0.2) is 51.6 Å². The van der Waals surface area contributed by atoms with E-state index < -0.39 is 12.0 Å². The fourth-order valence-electron chi connectivity index (χ4n) is 3.51. The molecule has 2 aliphatic heterocycles. The van der Waals surface area contributed by atoms with Crippen molar-refractivity contribution >= 4 is 28.8 Å². The van der Waals surface area contributed by atoms with Gasteiger partial charge in [0, 0.05) is 18.8 Å². The van der Waals surface area contributed by atoms with Crippen LogP contribution in [0.3, 0.4) is 0 Å². The van der Waals surface area contributed by atoms with Gasteiger partial charge in [-0.3, -0.25) is 4.79 Å². The molecule has 1 aromatic carbocycles. The van der Waals surface area contributed by atoms with Gasteiger partial charge in [0.2, 0.25) is 5.91 Å². The molecule has 0 aromatic heterocycles. The van der Waals surface area contributed by atoms with Gasteiger partial charge < -0.3 is 19.9 Å². The number of likely N-dealkylation sites (N-methyl/N-ethyl adjacent to an activating group) is 1. The van der Waals surface area contributed by atoms with Gasteiger partial charge in [0.25, 0.3) is 0 Å². The molecule has 0 fully saturated rings. The Bertz CT molecular complexity index is 970. The summed E-state index contributed by atoms with van der Waals surface area (Å²) in [5, 5.41) is 5.47. The largest absolute Gasteiger partial charge is 0.459 e. The van der Waals surface area contributed by atoms with Gasteiger partial charge in [-0.2, -0.15) is 0 Å². The average molecular weight is 461 g/mol. The molecule has 172 valence electrons. The van der Waals surface area contributed by atoms with E-state index in [1.807, 2.05) is 29.3 Å². The van der Waals surface area contributed by atoms with Gasteiger partial charge in [0.1, 0.15) is 5.82 Å². The Morgan fingerprint density at radius 1 is 1.28 bits per heavy atom. The first-order valence-electron chi connectivity index (χ1n) is 10.5. The predicted molar refractivity (Wildman–Crippen MR) is 124 cm³/mol. The average Bonchev–Trinajstić information content (AvgIpc) is 3.08. The standard InChI is InChI=1S/C23H29FN4O3S/c1-14(2)31-22(30)20-15(3)26-23-28(21(20)16-6-8-17(24)9-7-16)18(13-32-23)12-19(29)25-10-11-27(4)5/h6-9,13-14,21H,10-12H2,1-5H3,(H,25,29). The van der Waals surface area contributed by atoms with Crippen molar-refractivity contribution in [1.82, 2.24) is 15.1 Å². The van der Waals surface area contributed by atoms with E-state index in [1.54, 1.807) is 32.9 Å². The van der Waals surface area contributed by atoms with Crippen molar-refractivity contribution in [2.45, 2.75) is 39.3 Å². The second kappa shape index (κ2) is 10.3. The molecule has 1 N–H and O–H groups in total. The summed E-state index contributed by atoms with van der Waals surface area (Å²) < 4.78 is 19.1. The van der Waals surface area contributed by atoms with Crippen molar-refractivity contribution in [3.05, 3.63) is 58.0 Å². The summed E-state index contributed by atoms with van der Waals surface area (Å²) in [7, 11) is 3.89. The van der Waals surface area contributed by atoms with Crippen molar-refractivity contribution in [1.29, 1.82) is 0 Å². The summed E-state index contributed by atoms with van der Waals surface area (Å²) >= 11 is 1.40. The van der Waals surface area contributed by atoms with Crippen LogP contribution in [0, 0.1) is 5.82 Å². The van der Waals surface area contributed by atoms with Gasteiger partial charge in [0.05, 0.1) is 29.8 Å². The van der Waals surface area contributed by atoms with Crippen molar-refractivity contribution in [2.75, 3.05) is 27.2 Å². The quantitative estimate of drug-likeness (QED) is 0.600. The first kappa shape index (κ1) is 24.0. The molecule has 0 bridgehead atoms. The molecular weight excluding hydrogens is 431 g/mol. The third-order valence-corrected chi connectivity index (χ3v) is 5.86. The summed E-state index contributed by atoms with van der Waals surface area (Å²) in [5.74, 6) is -0.950. The summed E-state index contributed by atoms with van der Waals surface area (Å²) in [6, 6.07) is 5.46. The number of rotatable bonds is 8. The van der Waals surface area contributed by atoms with E-state index in [0.717, 1.165) is 17.8 Å². The van der Waals surface area contributed by atoms with E-state index in [1.165, 1.54) is 23.9 Å². The number of fused-ring (bicyclic) bond motifs is 1. The maximum absolute atomic E-state index is 13.6. The molecule has 9 heteroatoms. The van der Waals surface area contributed by atoms with E-state index in [0.29, 0.717) is 23.0 Å². The third kappa shape index (κ3) is 5.58. The number of ether oxygens (including phenoxy) is 1. The lowest BCUT2D eigenvalue weighted by Gasteiger charge is -2.36. The highest BCUT2D eigenvalue weighted by molar-refractivity contribution is 8.16. The van der Waals surface area contributed by atoms with Crippen LogP contribution in [0.1, 0.15) is 38.8 Å². The lowest BCUT2D eigenvalue weighted by molar-refractivity contribution is -0.143. The SMILES string of the molecule is CC1=C(C(=O)OC(C)C)C(c2ccc(F)cc2)N2C(CC(=O)NCCN(C)C)=CSC2=N1. The molecule has 1 amide bonds. The number of hydrogen-bond donors (Lipinski definition) is 1. The second-order valence-corrected chi connectivity index (χ2v) is 9.07. The van der Waals surface area contributed by atoms with Gasteiger partial charge in [-0.15, -0.1) is 0 Å². The van der Waals surface area contributed by atoms with Crippen molar-refractivity contribution in [2.24, 2.45) is 4.99 Å². The van der Waals surface area contributed by atoms with Crippen LogP contribution in [0.25, 0.3) is 0 Å². The summed E-state index contributed by atoms with van der Waals surface area (Å²) in [6.45, 7) is 6.62. The maximum Gasteiger partial charge on any atom is 0.338 e. The minimum atomic E-state index is -0.565. The van der Waals surface area contributed by atoms with Gasteiger partial charge in [-0.05, 0) is 58.0 Å². The Hall–Kier alpha value is -2.65. The van der Waals surface area contributed by atoms with Crippen molar-refractivity contribution in [3.63, 3.8) is 0 Å². The van der Waals surface area contributed by atoms with Crippen molar-refractivity contribution < 1.29 is 18.7 Å². The molecule has 1 aromatic rings. The number of thioether (sulfide) groups is 1. The molecule has 1 unspecified atom stereocenters. The molecular formula is C23H29FN4O3S. The fourth-order valence-corrected chi connectivity index (χ4v) is 4.48. The number of hydrogen-bond acceptors (Lipinski definition) is 7. The lowest BCUT2D eigenvalue weighted by atomic mass is 9.93. The number of carbonyl (C=O) groups is 2. The highest BCUT2D eigenvalue weighted by Crippen LogP contribution is 2.44. The van der Waals surface area contributed by atoms with Crippen LogP contribution < -0.4 is 5.32 Å².